The monoisotopic (exact) mass is 1500 g/mol. The fraction of sp³-hybridized carbons (Fsp3) is 0.575. The minimum Gasteiger partial charge on any atom is -0.455 e. The molecular weight excluding hydrogens is 1400 g/mol. The van der Waals surface area contributed by atoms with Crippen LogP contribution in [0.3, 0.4) is 0 Å². The number of nitrogens with zero attached hydrogens (tertiary/aromatic N) is 5. The molecule has 3 N–H and O–H groups in total. The molecule has 5 aromatic rings. The first-order valence-corrected chi connectivity index (χ1v) is 37.0. The minimum atomic E-state index is -0.882. The molecule has 8 atom stereocenters. The third-order valence-corrected chi connectivity index (χ3v) is 19.1. The molecule has 2 aromatic heterocycles. The molecule has 0 fully saturated rings. The average molecular weight is 1510 g/mol. The Hall–Kier alpha value is -6.29. The summed E-state index contributed by atoms with van der Waals surface area (Å²) in [6.07, 6.45) is 1.94. The Labute approximate surface area is 599 Å². The molecule has 0 saturated heterocycles. The predicted octanol–water partition coefficient (Wildman–Crippen LogP) is 11.8. The summed E-state index contributed by atoms with van der Waals surface area (Å²) < 4.78 is 28.2. The number of esters is 1. The summed E-state index contributed by atoms with van der Waals surface area (Å²) >= 11 is 8.08. The molecule has 98 heavy (non-hydrogen) atoms. The molecule has 0 radical (unpaired) electrons. The number of carbonyl (C=O) groups is 8. The number of thiazole rings is 1. The molecule has 0 spiro atoms. The van der Waals surface area contributed by atoms with Crippen LogP contribution in [0.1, 0.15) is 168 Å². The maximum atomic E-state index is 14.5. The second kappa shape index (κ2) is 43.4. The van der Waals surface area contributed by atoms with Crippen molar-refractivity contribution in [3.8, 4) is 0 Å². The van der Waals surface area contributed by atoms with E-state index in [1.54, 1.807) is 67.6 Å². The number of benzene rings is 3. The molecule has 25 heteroatoms. The van der Waals surface area contributed by atoms with Gasteiger partial charge in [0.25, 0.3) is 5.91 Å². The minimum absolute atomic E-state index is 0.0200. The van der Waals surface area contributed by atoms with Gasteiger partial charge in [-0.2, -0.15) is 0 Å². The molecule has 0 bridgehead atoms. The second-order valence-corrected chi connectivity index (χ2v) is 27.9. The van der Waals surface area contributed by atoms with E-state index in [9.17, 15) is 38.4 Å². The zero-order chi connectivity index (χ0) is 71.8. The van der Waals surface area contributed by atoms with Gasteiger partial charge in [-0.25, -0.2) is 20.4 Å². The highest BCUT2D eigenvalue weighted by Gasteiger charge is 2.38. The highest BCUT2D eigenvalue weighted by molar-refractivity contribution is 9.09. The first-order valence-electron chi connectivity index (χ1n) is 33.9. The van der Waals surface area contributed by atoms with Crippen LogP contribution < -0.4 is 16.1 Å². The normalized spacial score (nSPS) is 14.1. The average Bonchev–Trinajstić information content (AvgIpc) is 0.955. The van der Waals surface area contributed by atoms with Crippen LogP contribution in [0.5, 0.6) is 0 Å². The number of likely N-dealkylation sites (N-methyl/N-ethyl adjacent to an activating group) is 1. The van der Waals surface area contributed by atoms with Gasteiger partial charge in [-0.05, 0) is 92.6 Å². The van der Waals surface area contributed by atoms with Gasteiger partial charge in [0, 0.05) is 110 Å². The van der Waals surface area contributed by atoms with Crippen molar-refractivity contribution in [2.45, 2.75) is 162 Å². The third-order valence-electron chi connectivity index (χ3n) is 17.1. The van der Waals surface area contributed by atoms with E-state index in [0.717, 1.165) is 22.5 Å². The lowest BCUT2D eigenvalue weighted by Gasteiger charge is -2.37. The maximum absolute atomic E-state index is 14.5. The van der Waals surface area contributed by atoms with Crippen molar-refractivity contribution in [3.63, 3.8) is 0 Å². The fourth-order valence-corrected chi connectivity index (χ4v) is 13.2. The number of amides is 4. The van der Waals surface area contributed by atoms with E-state index >= 15 is 0 Å². The number of anilines is 1. The quantitative estimate of drug-likeness (QED) is 0.0107. The lowest BCUT2D eigenvalue weighted by Crippen LogP contribution is -2.48. The summed E-state index contributed by atoms with van der Waals surface area (Å²) in [6, 6.07) is 20.6. The van der Waals surface area contributed by atoms with E-state index in [4.69, 9.17) is 33.5 Å². The van der Waals surface area contributed by atoms with Crippen LogP contribution in [-0.4, -0.2) is 164 Å². The molecule has 0 aliphatic rings. The topological polar surface area (TPSA) is 273 Å². The third kappa shape index (κ3) is 27.7. The smallest absolute Gasteiger partial charge is 0.303 e. The molecule has 2 heterocycles. The molecule has 3 aromatic carbocycles. The Kier molecular flexibility index (Phi) is 36.5. The van der Waals surface area contributed by atoms with Crippen LogP contribution in [0.15, 0.2) is 78.2 Å². The van der Waals surface area contributed by atoms with Gasteiger partial charge in [0.1, 0.15) is 16.5 Å². The second-order valence-electron chi connectivity index (χ2n) is 25.9. The number of nitrogens with one attached hydrogen (secondary N) is 3. The number of hydrogen-bond donors (Lipinski definition) is 3. The van der Waals surface area contributed by atoms with Gasteiger partial charge >= 0.3 is 5.97 Å². The fourth-order valence-electron chi connectivity index (χ4n) is 11.5. The predicted molar refractivity (Wildman–Crippen MR) is 386 cm³/mol. The van der Waals surface area contributed by atoms with Crippen LogP contribution >= 0.6 is 43.2 Å². The highest BCUT2D eigenvalue weighted by atomic mass is 79.9. The maximum Gasteiger partial charge on any atom is 0.303 e. The van der Waals surface area contributed by atoms with E-state index in [-0.39, 0.29) is 104 Å². The van der Waals surface area contributed by atoms with E-state index in [0.29, 0.717) is 110 Å². The summed E-state index contributed by atoms with van der Waals surface area (Å²) in [7, 11) is 5.50. The van der Waals surface area contributed by atoms with Crippen LogP contribution in [0, 0.1) is 35.5 Å². The Bertz CT molecular complexity index is 3330. The standard InChI is InChI=1S/C73H102Br2N8O14S/c1-13-48(6)58(40-66(87)68(47(4)5)82(10)11)73(91)83(12)64(46(2)3)41-67(97-51(9)84)72-80-63(45-98-72)71(90)77-56(38-52-18-15-14-16-19-52)36-49(7)70(89)81-96-44-53-21-24-55(25-22-53)76-69(88)50(8)37-57(85)27-29-93-31-33-95-35-34-94-32-30-92-28-17-20-65(86)54-23-26-59-60(39-54)79-62(43-75)61(42-74)78-59/h14-16,18-19,21-26,39,45-50,56,58,64,67-68H,13,17,20,27-38,40-44H2,1-12H3,(H,76,88)(H,77,90)(H,81,89)/t48-,49-,50+,56+,58-,64+,67+,68-/m0/s1. The van der Waals surface area contributed by atoms with Gasteiger partial charge in [-0.1, -0.05) is 136 Å². The van der Waals surface area contributed by atoms with Crippen molar-refractivity contribution in [2.24, 2.45) is 35.5 Å². The number of rotatable bonds is 47. The molecule has 538 valence electrons. The summed E-state index contributed by atoms with van der Waals surface area (Å²) in [4.78, 5) is 130. The summed E-state index contributed by atoms with van der Waals surface area (Å²) in [6.45, 7) is 19.6. The zero-order valence-electron chi connectivity index (χ0n) is 59.0. The number of alkyl halides is 2. The molecule has 0 aliphatic carbocycles. The van der Waals surface area contributed by atoms with E-state index in [1.165, 1.54) is 18.3 Å². The van der Waals surface area contributed by atoms with Crippen LogP contribution in [-0.2, 0) is 81.0 Å². The van der Waals surface area contributed by atoms with E-state index in [2.05, 4.69) is 57.9 Å². The molecule has 0 unspecified atom stereocenters. The first kappa shape index (κ1) is 82.4. The van der Waals surface area contributed by atoms with E-state index < -0.39 is 53.7 Å². The SMILES string of the molecule is CC[C@H](C)[C@H](CC(=O)[C@H](C(C)C)N(C)C)C(=O)N(C)[C@H](C[C@@H](OC(C)=O)c1nc(C(=O)N[C@@H](Cc2ccccc2)C[C@H](C)C(=O)NOCc2ccc(NC(=O)[C@H](C)CC(=O)CCOCCOCCOCCOCCCC(=O)c3ccc4nc(CBr)c(CBr)nc4c3)cc2)cs1)C(C)C. The van der Waals surface area contributed by atoms with Crippen LogP contribution in [0.2, 0.25) is 0 Å². The van der Waals surface area contributed by atoms with Crippen molar-refractivity contribution in [3.05, 3.63) is 117 Å². The number of ether oxygens (including phenoxy) is 5. The molecule has 4 amide bonds. The summed E-state index contributed by atoms with van der Waals surface area (Å²) in [5, 5.41) is 9.12. The van der Waals surface area contributed by atoms with Gasteiger partial charge in [0.2, 0.25) is 17.7 Å². The number of aromatic nitrogens is 3. The number of halogens is 2. The number of hydrogen-bond acceptors (Lipinski definition) is 19. The van der Waals surface area contributed by atoms with Crippen molar-refractivity contribution >= 4 is 107 Å². The first-order chi connectivity index (χ1) is 46.8. The van der Waals surface area contributed by atoms with Crippen LogP contribution in [0.4, 0.5) is 5.69 Å². The number of ketones is 3. The molecule has 5 rings (SSSR count). The van der Waals surface area contributed by atoms with Gasteiger partial charge < -0.3 is 39.2 Å². The lowest BCUT2D eigenvalue weighted by molar-refractivity contribution is -0.149. The number of carbonyl (C=O) groups excluding carboxylic acids is 8. The van der Waals surface area contributed by atoms with E-state index in [1.807, 2.05) is 96.9 Å². The van der Waals surface area contributed by atoms with Crippen molar-refractivity contribution < 1.29 is 66.9 Å². The largest absolute Gasteiger partial charge is 0.455 e. The zero-order valence-corrected chi connectivity index (χ0v) is 63.0. The lowest BCUT2D eigenvalue weighted by atomic mass is 9.82. The molecule has 22 nitrogen and oxygen atoms in total. The van der Waals surface area contributed by atoms with Crippen molar-refractivity contribution in [2.75, 3.05) is 79.3 Å². The van der Waals surface area contributed by atoms with Crippen molar-refractivity contribution in [1.29, 1.82) is 0 Å². The summed E-state index contributed by atoms with van der Waals surface area (Å²) in [5.74, 6) is -3.76. The van der Waals surface area contributed by atoms with Gasteiger partial charge in [-0.15, -0.1) is 11.3 Å². The molecule has 0 aliphatic heterocycles. The van der Waals surface area contributed by atoms with Crippen molar-refractivity contribution in [1.82, 2.24) is 35.5 Å². The Morgan fingerprint density at radius 2 is 1.28 bits per heavy atom. The Morgan fingerprint density at radius 1 is 0.653 bits per heavy atom. The molecular formula is C73H102Br2N8O14S. The van der Waals surface area contributed by atoms with Gasteiger partial charge in [-0.3, -0.25) is 48.1 Å². The number of Topliss-reactive ketones (excluding diaryl/α,β-unsaturated/α-hetero) is 3. The summed E-state index contributed by atoms with van der Waals surface area (Å²) in [5.41, 5.74) is 8.58. The van der Waals surface area contributed by atoms with Crippen LogP contribution in [0.25, 0.3) is 11.0 Å². The number of fused-ring (bicyclic) bond motifs is 1. The van der Waals surface area contributed by atoms with Gasteiger partial charge in [0.15, 0.2) is 17.7 Å². The number of hydroxylamine groups is 1. The Balaban J connectivity index is 0.982. The highest BCUT2D eigenvalue weighted by Crippen LogP contribution is 2.33. The Morgan fingerprint density at radius 3 is 1.87 bits per heavy atom. The molecule has 0 saturated carbocycles. The van der Waals surface area contributed by atoms with Gasteiger partial charge in [0.05, 0.1) is 81.3 Å².